The van der Waals surface area contributed by atoms with Crippen molar-refractivity contribution in [3.63, 3.8) is 0 Å². The van der Waals surface area contributed by atoms with Crippen molar-refractivity contribution in [3.05, 3.63) is 58.1 Å². The number of nitrogens with zero attached hydrogens (tertiary/aromatic N) is 1. The molecule has 3 nitrogen and oxygen atoms in total. The van der Waals surface area contributed by atoms with Crippen LogP contribution in [-0.4, -0.2) is 5.71 Å². The predicted molar refractivity (Wildman–Crippen MR) is 80.2 cm³/mol. The third-order valence-corrected chi connectivity index (χ3v) is 2.99. The number of rotatable bonds is 3. The van der Waals surface area contributed by atoms with Crippen LogP contribution < -0.4 is 10.6 Å². The third-order valence-electron chi connectivity index (χ3n) is 2.51. The molecule has 0 aromatic heterocycles. The Morgan fingerprint density at radius 2 is 1.68 bits per heavy atom. The van der Waals surface area contributed by atoms with Crippen LogP contribution in [0.3, 0.4) is 0 Å². The molecular formula is C14H12Cl2N2O. The van der Waals surface area contributed by atoms with E-state index in [1.807, 2.05) is 0 Å². The Balaban J connectivity index is 2.19. The average molecular weight is 295 g/mol. The van der Waals surface area contributed by atoms with Crippen LogP contribution in [-0.2, 0) is 0 Å². The number of hydrogen-bond acceptors (Lipinski definition) is 3. The van der Waals surface area contributed by atoms with Crippen LogP contribution in [0.1, 0.15) is 12.5 Å². The monoisotopic (exact) mass is 294 g/mol. The van der Waals surface area contributed by atoms with Gasteiger partial charge in [-0.2, -0.15) is 0 Å². The molecule has 0 unspecified atom stereocenters. The molecule has 2 rings (SSSR count). The van der Waals surface area contributed by atoms with E-state index < -0.39 is 0 Å². The lowest BCUT2D eigenvalue weighted by molar-refractivity contribution is 0.341. The second-order valence-electron chi connectivity index (χ2n) is 3.95. The van der Waals surface area contributed by atoms with Gasteiger partial charge in [0.1, 0.15) is 0 Å². The van der Waals surface area contributed by atoms with Gasteiger partial charge >= 0.3 is 0 Å². The molecule has 0 aliphatic rings. The smallest absolute Gasteiger partial charge is 0.158 e. The Morgan fingerprint density at radius 1 is 1.05 bits per heavy atom. The van der Waals surface area contributed by atoms with Crippen molar-refractivity contribution >= 4 is 34.6 Å². The molecule has 0 radical (unpaired) electrons. The molecule has 0 fully saturated rings. The van der Waals surface area contributed by atoms with Gasteiger partial charge in [-0.15, -0.1) is 0 Å². The second-order valence-corrected chi connectivity index (χ2v) is 4.83. The van der Waals surface area contributed by atoms with Crippen LogP contribution in [0.4, 0.5) is 5.69 Å². The minimum absolute atomic E-state index is 0.601. The fourth-order valence-electron chi connectivity index (χ4n) is 1.51. The van der Waals surface area contributed by atoms with E-state index in [0.717, 1.165) is 5.56 Å². The summed E-state index contributed by atoms with van der Waals surface area (Å²) in [5, 5.41) is 5.28. The van der Waals surface area contributed by atoms with Crippen molar-refractivity contribution in [2.45, 2.75) is 6.92 Å². The standard InChI is InChI=1S/C14H12Cl2N2O/c1-9(13-8-11(16)4-7-14(13)17)18-19-12-5-2-10(15)3-6-12/h2-8H,17H2,1H3/b18-9+. The maximum atomic E-state index is 5.93. The quantitative estimate of drug-likeness (QED) is 0.519. The largest absolute Gasteiger partial charge is 0.398 e. The SMILES string of the molecule is C/C(=N\Oc1ccc(Cl)cc1)c1cc(Cl)ccc1N. The highest BCUT2D eigenvalue weighted by Crippen LogP contribution is 2.20. The maximum Gasteiger partial charge on any atom is 0.158 e. The molecule has 0 saturated heterocycles. The van der Waals surface area contributed by atoms with Crippen LogP contribution in [0.2, 0.25) is 10.0 Å². The van der Waals surface area contributed by atoms with Crippen LogP contribution in [0.25, 0.3) is 0 Å². The number of oxime groups is 1. The Labute approximate surface area is 121 Å². The molecule has 0 spiro atoms. The minimum atomic E-state index is 0.601. The normalized spacial score (nSPS) is 11.4. The summed E-state index contributed by atoms with van der Waals surface area (Å²) in [5.41, 5.74) is 7.87. The summed E-state index contributed by atoms with van der Waals surface area (Å²) in [7, 11) is 0. The van der Waals surface area contributed by atoms with Gasteiger partial charge in [0.15, 0.2) is 5.75 Å². The molecule has 0 heterocycles. The molecule has 0 amide bonds. The highest BCUT2D eigenvalue weighted by atomic mass is 35.5. The summed E-state index contributed by atoms with van der Waals surface area (Å²) in [6.45, 7) is 1.80. The molecule has 0 aliphatic heterocycles. The summed E-state index contributed by atoms with van der Waals surface area (Å²) >= 11 is 11.7. The molecule has 0 atom stereocenters. The molecule has 2 N–H and O–H groups in total. The summed E-state index contributed by atoms with van der Waals surface area (Å²) in [4.78, 5) is 5.30. The zero-order valence-electron chi connectivity index (χ0n) is 10.2. The number of benzene rings is 2. The van der Waals surface area contributed by atoms with Crippen molar-refractivity contribution in [1.29, 1.82) is 0 Å². The molecule has 2 aromatic rings. The first kappa shape index (κ1) is 13.7. The van der Waals surface area contributed by atoms with Gasteiger partial charge in [-0.25, -0.2) is 0 Å². The lowest BCUT2D eigenvalue weighted by atomic mass is 10.1. The Morgan fingerprint density at radius 3 is 2.37 bits per heavy atom. The first-order valence-corrected chi connectivity index (χ1v) is 6.34. The summed E-state index contributed by atoms with van der Waals surface area (Å²) in [6, 6.07) is 12.2. The van der Waals surface area contributed by atoms with Gasteiger partial charge in [-0.3, -0.25) is 0 Å². The fourth-order valence-corrected chi connectivity index (χ4v) is 1.81. The highest BCUT2D eigenvalue weighted by Gasteiger charge is 2.04. The lowest BCUT2D eigenvalue weighted by Crippen LogP contribution is -2.02. The molecule has 5 heteroatoms. The van der Waals surface area contributed by atoms with E-state index >= 15 is 0 Å². The number of nitrogen functional groups attached to an aromatic ring is 1. The average Bonchev–Trinajstić information content (AvgIpc) is 2.40. The molecule has 2 aromatic carbocycles. The minimum Gasteiger partial charge on any atom is -0.398 e. The van der Waals surface area contributed by atoms with E-state index in [0.29, 0.717) is 27.2 Å². The van der Waals surface area contributed by atoms with Crippen molar-refractivity contribution in [3.8, 4) is 5.75 Å². The van der Waals surface area contributed by atoms with Crippen LogP contribution in [0, 0.1) is 0 Å². The Bertz CT molecular complexity index is 609. The number of hydrogen-bond donors (Lipinski definition) is 1. The summed E-state index contributed by atoms with van der Waals surface area (Å²) in [6.07, 6.45) is 0. The van der Waals surface area contributed by atoms with Gasteiger partial charge < -0.3 is 10.6 Å². The molecular weight excluding hydrogens is 283 g/mol. The number of nitrogens with two attached hydrogens (primary N) is 1. The van der Waals surface area contributed by atoms with E-state index in [1.54, 1.807) is 49.4 Å². The van der Waals surface area contributed by atoms with Crippen LogP contribution >= 0.6 is 23.2 Å². The van der Waals surface area contributed by atoms with E-state index in [1.165, 1.54) is 0 Å². The Kier molecular flexibility index (Phi) is 4.30. The van der Waals surface area contributed by atoms with Crippen LogP contribution in [0.5, 0.6) is 5.75 Å². The van der Waals surface area contributed by atoms with Gasteiger partial charge in [0, 0.05) is 21.3 Å². The summed E-state index contributed by atoms with van der Waals surface area (Å²) < 4.78 is 0. The maximum absolute atomic E-state index is 5.93. The first-order valence-electron chi connectivity index (χ1n) is 5.59. The topological polar surface area (TPSA) is 47.6 Å². The lowest BCUT2D eigenvalue weighted by Gasteiger charge is -2.06. The third kappa shape index (κ3) is 3.63. The van der Waals surface area contributed by atoms with Gasteiger partial charge in [0.25, 0.3) is 0 Å². The molecule has 19 heavy (non-hydrogen) atoms. The van der Waals surface area contributed by atoms with E-state index in [9.17, 15) is 0 Å². The highest BCUT2D eigenvalue weighted by molar-refractivity contribution is 6.31. The van der Waals surface area contributed by atoms with Crippen molar-refractivity contribution in [2.75, 3.05) is 5.73 Å². The zero-order valence-corrected chi connectivity index (χ0v) is 11.7. The van der Waals surface area contributed by atoms with E-state index in [4.69, 9.17) is 33.8 Å². The fraction of sp³-hybridized carbons (Fsp3) is 0.0714. The second kappa shape index (κ2) is 5.95. The first-order chi connectivity index (χ1) is 9.06. The van der Waals surface area contributed by atoms with Crippen molar-refractivity contribution in [2.24, 2.45) is 5.16 Å². The van der Waals surface area contributed by atoms with Crippen LogP contribution in [0.15, 0.2) is 47.6 Å². The van der Waals surface area contributed by atoms with Gasteiger partial charge in [-0.05, 0) is 49.4 Å². The predicted octanol–water partition coefficient (Wildman–Crippen LogP) is 4.38. The zero-order chi connectivity index (χ0) is 13.8. The van der Waals surface area contributed by atoms with Crippen molar-refractivity contribution < 1.29 is 4.84 Å². The van der Waals surface area contributed by atoms with Crippen molar-refractivity contribution in [1.82, 2.24) is 0 Å². The van der Waals surface area contributed by atoms with Gasteiger partial charge in [0.2, 0.25) is 0 Å². The summed E-state index contributed by atoms with van der Waals surface area (Å²) in [5.74, 6) is 0.601. The van der Waals surface area contributed by atoms with Gasteiger partial charge in [-0.1, -0.05) is 28.4 Å². The molecule has 0 aliphatic carbocycles. The molecule has 0 bridgehead atoms. The van der Waals surface area contributed by atoms with E-state index in [2.05, 4.69) is 5.16 Å². The molecule has 0 saturated carbocycles. The van der Waals surface area contributed by atoms with Gasteiger partial charge in [0.05, 0.1) is 5.71 Å². The van der Waals surface area contributed by atoms with E-state index in [-0.39, 0.29) is 0 Å². The number of halogens is 2. The Hall–Kier alpha value is -1.71. The number of anilines is 1. The molecule has 98 valence electrons.